The maximum atomic E-state index is 5.88. The Morgan fingerprint density at radius 3 is 1.48 bits per heavy atom. The molecule has 0 radical (unpaired) electrons. The Kier molecular flexibility index (Phi) is 18.9. The third-order valence-electron chi connectivity index (χ3n) is 7.26. The van der Waals surface area contributed by atoms with E-state index in [2.05, 4.69) is 61.7 Å². The van der Waals surface area contributed by atoms with Gasteiger partial charge in [0.2, 0.25) is 5.69 Å². The molecule has 1 aliphatic heterocycles. The molecule has 1 heterocycles. The van der Waals surface area contributed by atoms with Gasteiger partial charge in [-0.15, -0.1) is 0 Å². The zero-order chi connectivity index (χ0) is 29.2. The molecule has 0 bridgehead atoms. The number of halogens is 1. The molecular weight excluding hydrogens is 653 g/mol. The van der Waals surface area contributed by atoms with Gasteiger partial charge < -0.3 is 61.9 Å². The molecule has 3 rings (SSSR count). The third kappa shape index (κ3) is 12.0. The van der Waals surface area contributed by atoms with Gasteiger partial charge in [-0.1, -0.05) is 24.3 Å². The Morgan fingerprint density at radius 2 is 1.00 bits per heavy atom. The maximum Gasteiger partial charge on any atom is 0.210 e. The van der Waals surface area contributed by atoms with E-state index in [1.54, 1.807) is 7.11 Å². The second-order valence-corrected chi connectivity index (χ2v) is 10.3. The SMILES string of the molecule is COCCOCCOCCOCCOCCOCCOCCOCC[N+]1=C(C)C(C)(C)c2c1ccc1ccccc21.[I-]. The minimum absolute atomic E-state index is 0. The van der Waals surface area contributed by atoms with Crippen molar-refractivity contribution in [1.82, 2.24) is 0 Å². The maximum absolute atomic E-state index is 5.88. The van der Waals surface area contributed by atoms with Gasteiger partial charge >= 0.3 is 0 Å². The molecular formula is C32H50INO8. The van der Waals surface area contributed by atoms with E-state index < -0.39 is 0 Å². The molecule has 0 aliphatic carbocycles. The Hall–Kier alpha value is -1.22. The van der Waals surface area contributed by atoms with Crippen molar-refractivity contribution in [2.24, 2.45) is 0 Å². The van der Waals surface area contributed by atoms with E-state index >= 15 is 0 Å². The predicted octanol–water partition coefficient (Wildman–Crippen LogP) is 1.00. The highest BCUT2D eigenvalue weighted by Crippen LogP contribution is 2.43. The van der Waals surface area contributed by atoms with Crippen LogP contribution in [0.1, 0.15) is 26.3 Å². The molecule has 0 unspecified atom stereocenters. The van der Waals surface area contributed by atoms with E-state index in [-0.39, 0.29) is 29.4 Å². The molecule has 1 aliphatic rings. The molecule has 0 amide bonds. The van der Waals surface area contributed by atoms with E-state index in [1.807, 2.05) is 0 Å². The highest BCUT2D eigenvalue weighted by molar-refractivity contribution is 6.01. The minimum atomic E-state index is -0.00599. The molecule has 0 saturated carbocycles. The van der Waals surface area contributed by atoms with Gasteiger partial charge in [0, 0.05) is 25.7 Å². The molecule has 42 heavy (non-hydrogen) atoms. The summed E-state index contributed by atoms with van der Waals surface area (Å²) in [6.07, 6.45) is 0. The van der Waals surface area contributed by atoms with Gasteiger partial charge in [0.15, 0.2) is 12.3 Å². The first kappa shape index (κ1) is 37.0. The van der Waals surface area contributed by atoms with Gasteiger partial charge in [-0.25, -0.2) is 0 Å². The van der Waals surface area contributed by atoms with E-state index in [9.17, 15) is 0 Å². The fraction of sp³-hybridized carbons (Fsp3) is 0.656. The summed E-state index contributed by atoms with van der Waals surface area (Å²) < 4.78 is 46.1. The molecule has 2 aromatic carbocycles. The molecule has 10 heteroatoms. The summed E-state index contributed by atoms with van der Waals surface area (Å²) >= 11 is 0. The number of hydrogen-bond acceptors (Lipinski definition) is 8. The molecule has 0 fully saturated rings. The minimum Gasteiger partial charge on any atom is -1.00 e. The van der Waals surface area contributed by atoms with Crippen molar-refractivity contribution >= 4 is 22.2 Å². The monoisotopic (exact) mass is 703 g/mol. The first-order valence-corrected chi connectivity index (χ1v) is 14.7. The molecule has 9 nitrogen and oxygen atoms in total. The van der Waals surface area contributed by atoms with Gasteiger partial charge in [-0.3, -0.25) is 0 Å². The Bertz CT molecular complexity index is 1050. The van der Waals surface area contributed by atoms with Gasteiger partial charge in [0.25, 0.3) is 0 Å². The van der Waals surface area contributed by atoms with Crippen molar-refractivity contribution in [3.05, 3.63) is 42.0 Å². The van der Waals surface area contributed by atoms with Gasteiger partial charge in [-0.2, -0.15) is 4.58 Å². The van der Waals surface area contributed by atoms with Crippen LogP contribution in [0.4, 0.5) is 5.69 Å². The lowest BCUT2D eigenvalue weighted by Gasteiger charge is -2.17. The van der Waals surface area contributed by atoms with E-state index in [0.29, 0.717) is 99.1 Å². The van der Waals surface area contributed by atoms with Gasteiger partial charge in [-0.05, 0) is 30.7 Å². The standard InChI is InChI=1S/C32H50NO8.HI/c1-27-32(2,3)31-29-8-6-5-7-28(29)9-10-30(31)33(27)11-12-35-15-16-37-19-20-39-23-24-41-26-25-40-22-21-38-18-17-36-14-13-34-4;/h5-10H,11-26H2,1-4H3;1H/q+1;/p-1. The Morgan fingerprint density at radius 1 is 0.571 bits per heavy atom. The first-order valence-electron chi connectivity index (χ1n) is 14.7. The molecule has 0 N–H and O–H groups in total. The summed E-state index contributed by atoms with van der Waals surface area (Å²) in [6.45, 7) is 16.1. The second-order valence-electron chi connectivity index (χ2n) is 10.3. The van der Waals surface area contributed by atoms with Crippen LogP contribution in [0.5, 0.6) is 0 Å². The predicted molar refractivity (Wildman–Crippen MR) is 160 cm³/mol. The van der Waals surface area contributed by atoms with Crippen LogP contribution in [0, 0.1) is 0 Å². The number of hydrogen-bond donors (Lipinski definition) is 0. The van der Waals surface area contributed by atoms with Crippen LogP contribution in [0.25, 0.3) is 10.8 Å². The van der Waals surface area contributed by atoms with E-state index in [1.165, 1.54) is 27.7 Å². The van der Waals surface area contributed by atoms with Crippen molar-refractivity contribution in [2.75, 3.05) is 113 Å². The molecule has 0 aromatic heterocycles. The van der Waals surface area contributed by atoms with Crippen molar-refractivity contribution in [3.63, 3.8) is 0 Å². The fourth-order valence-corrected chi connectivity index (χ4v) is 4.85. The number of rotatable bonds is 24. The highest BCUT2D eigenvalue weighted by Gasteiger charge is 2.43. The van der Waals surface area contributed by atoms with Crippen LogP contribution >= 0.6 is 0 Å². The number of methoxy groups -OCH3 is 1. The van der Waals surface area contributed by atoms with Crippen LogP contribution in [0.2, 0.25) is 0 Å². The Balaban J connectivity index is 0.00000616. The van der Waals surface area contributed by atoms with Crippen LogP contribution in [0.3, 0.4) is 0 Å². The summed E-state index contributed by atoms with van der Waals surface area (Å²) in [6, 6.07) is 13.1. The second kappa shape index (κ2) is 21.5. The largest absolute Gasteiger partial charge is 1.00 e. The smallest absolute Gasteiger partial charge is 0.210 e. The molecule has 2 aromatic rings. The van der Waals surface area contributed by atoms with Gasteiger partial charge in [0.1, 0.15) is 6.61 Å². The highest BCUT2D eigenvalue weighted by atomic mass is 127. The lowest BCUT2D eigenvalue weighted by Crippen LogP contribution is -3.00. The topological polar surface area (TPSA) is 76.9 Å². The lowest BCUT2D eigenvalue weighted by atomic mass is 9.80. The zero-order valence-electron chi connectivity index (χ0n) is 25.9. The van der Waals surface area contributed by atoms with Crippen molar-refractivity contribution in [3.8, 4) is 0 Å². The van der Waals surface area contributed by atoms with Crippen molar-refractivity contribution < 1.29 is 66.4 Å². The van der Waals surface area contributed by atoms with Crippen LogP contribution in [-0.2, 0) is 43.3 Å². The third-order valence-corrected chi connectivity index (χ3v) is 7.26. The summed E-state index contributed by atoms with van der Waals surface area (Å²) in [5.41, 5.74) is 4.06. The average molecular weight is 704 g/mol. The summed E-state index contributed by atoms with van der Waals surface area (Å²) in [4.78, 5) is 0. The quantitative estimate of drug-likeness (QED) is 0.0912. The summed E-state index contributed by atoms with van der Waals surface area (Å²) in [5, 5.41) is 2.63. The van der Waals surface area contributed by atoms with Crippen molar-refractivity contribution in [2.45, 2.75) is 26.2 Å². The first-order chi connectivity index (χ1) is 20.1. The lowest BCUT2D eigenvalue weighted by molar-refractivity contribution is -0.443. The summed E-state index contributed by atoms with van der Waals surface area (Å²) in [7, 11) is 1.65. The number of ether oxygens (including phenoxy) is 8. The van der Waals surface area contributed by atoms with Crippen molar-refractivity contribution in [1.29, 1.82) is 0 Å². The normalized spacial score (nSPS) is 14.0. The number of nitrogens with zero attached hydrogens (tertiary/aromatic N) is 1. The molecule has 0 atom stereocenters. The molecule has 0 spiro atoms. The molecule has 238 valence electrons. The number of fused-ring (bicyclic) bond motifs is 3. The average Bonchev–Trinajstić information content (AvgIpc) is 3.18. The van der Waals surface area contributed by atoms with Crippen LogP contribution in [-0.4, -0.2) is 123 Å². The zero-order valence-corrected chi connectivity index (χ0v) is 28.0. The van der Waals surface area contributed by atoms with E-state index in [0.717, 1.165) is 6.54 Å². The van der Waals surface area contributed by atoms with Crippen LogP contribution < -0.4 is 24.0 Å². The number of benzene rings is 2. The molecule has 0 saturated heterocycles. The fourth-order valence-electron chi connectivity index (χ4n) is 4.85. The van der Waals surface area contributed by atoms with Gasteiger partial charge in [0.05, 0.1) is 97.9 Å². The van der Waals surface area contributed by atoms with Crippen LogP contribution in [0.15, 0.2) is 36.4 Å². The van der Waals surface area contributed by atoms with E-state index in [4.69, 9.17) is 37.9 Å². The Labute approximate surface area is 268 Å². The summed E-state index contributed by atoms with van der Waals surface area (Å²) in [5.74, 6) is 0.